The lowest BCUT2D eigenvalue weighted by Crippen LogP contribution is -2.30. The zero-order valence-electron chi connectivity index (χ0n) is 21.0. The number of para-hydroxylation sites is 1. The molecule has 5 heteroatoms. The number of carbonyl (C=O) groups excluding carboxylic acids is 1. The molecule has 186 valence electrons. The van der Waals surface area contributed by atoms with Crippen molar-refractivity contribution in [2.45, 2.75) is 18.4 Å². The molecule has 0 aliphatic rings. The van der Waals surface area contributed by atoms with Crippen molar-refractivity contribution in [2.24, 2.45) is 0 Å². The minimum atomic E-state index is -0.253. The van der Waals surface area contributed by atoms with Crippen LogP contribution in [0.25, 0.3) is 10.9 Å². The predicted molar refractivity (Wildman–Crippen MR) is 147 cm³/mol. The first kappa shape index (κ1) is 24.2. The lowest BCUT2D eigenvalue weighted by Gasteiger charge is -2.24. The summed E-state index contributed by atoms with van der Waals surface area (Å²) in [7, 11) is 3.28. The van der Waals surface area contributed by atoms with Gasteiger partial charge >= 0.3 is 0 Å². The molecular formula is C32H30N2O3. The lowest BCUT2D eigenvalue weighted by molar-refractivity contribution is -0.121. The Morgan fingerprint density at radius 2 is 1.43 bits per heavy atom. The van der Waals surface area contributed by atoms with E-state index in [9.17, 15) is 4.79 Å². The van der Waals surface area contributed by atoms with E-state index in [0.29, 0.717) is 11.5 Å². The van der Waals surface area contributed by atoms with Crippen molar-refractivity contribution in [1.29, 1.82) is 0 Å². The summed E-state index contributed by atoms with van der Waals surface area (Å²) in [6.45, 7) is 0. The van der Waals surface area contributed by atoms with Crippen LogP contribution in [0.4, 0.5) is 0 Å². The normalized spacial score (nSPS) is 11.9. The monoisotopic (exact) mass is 490 g/mol. The number of amides is 1. The molecule has 0 unspecified atom stereocenters. The van der Waals surface area contributed by atoms with Gasteiger partial charge in [0.1, 0.15) is 11.5 Å². The van der Waals surface area contributed by atoms with Gasteiger partial charge in [0.05, 0.1) is 20.3 Å². The molecule has 37 heavy (non-hydrogen) atoms. The van der Waals surface area contributed by atoms with E-state index in [1.54, 1.807) is 14.2 Å². The van der Waals surface area contributed by atoms with Gasteiger partial charge < -0.3 is 19.8 Å². The molecule has 5 aromatic rings. The van der Waals surface area contributed by atoms with Gasteiger partial charge in [0.25, 0.3) is 0 Å². The highest BCUT2D eigenvalue weighted by Crippen LogP contribution is 2.39. The first-order valence-corrected chi connectivity index (χ1v) is 12.3. The maximum Gasteiger partial charge on any atom is 0.221 e. The summed E-state index contributed by atoms with van der Waals surface area (Å²) in [5, 5.41) is 4.39. The topological polar surface area (TPSA) is 63.3 Å². The summed E-state index contributed by atoms with van der Waals surface area (Å²) in [5.41, 5.74) is 5.08. The highest BCUT2D eigenvalue weighted by Gasteiger charge is 2.26. The number of aromatic amines is 1. The molecule has 1 atom stereocenters. The Kier molecular flexibility index (Phi) is 7.22. The third-order valence-electron chi connectivity index (χ3n) is 6.77. The number of methoxy groups -OCH3 is 2. The van der Waals surface area contributed by atoms with Crippen molar-refractivity contribution in [3.63, 3.8) is 0 Å². The molecule has 5 rings (SSSR count). The smallest absolute Gasteiger partial charge is 0.221 e. The molecule has 2 N–H and O–H groups in total. The van der Waals surface area contributed by atoms with Crippen LogP contribution in [0.15, 0.2) is 109 Å². The van der Waals surface area contributed by atoms with Gasteiger partial charge in [0, 0.05) is 41.1 Å². The van der Waals surface area contributed by atoms with Crippen molar-refractivity contribution in [2.75, 3.05) is 14.2 Å². The zero-order chi connectivity index (χ0) is 25.6. The van der Waals surface area contributed by atoms with Gasteiger partial charge in [-0.1, -0.05) is 84.9 Å². The fourth-order valence-corrected chi connectivity index (χ4v) is 4.93. The number of aromatic nitrogens is 1. The first-order valence-electron chi connectivity index (χ1n) is 12.3. The van der Waals surface area contributed by atoms with E-state index in [-0.39, 0.29) is 24.3 Å². The second kappa shape index (κ2) is 11.0. The van der Waals surface area contributed by atoms with Crippen molar-refractivity contribution < 1.29 is 14.3 Å². The molecule has 4 aromatic carbocycles. The molecular weight excluding hydrogens is 460 g/mol. The van der Waals surface area contributed by atoms with Gasteiger partial charge in [-0.2, -0.15) is 0 Å². The van der Waals surface area contributed by atoms with Crippen molar-refractivity contribution >= 4 is 16.8 Å². The Morgan fingerprint density at radius 1 is 0.784 bits per heavy atom. The molecule has 1 heterocycles. The number of fused-ring (bicyclic) bond motifs is 1. The molecule has 0 radical (unpaired) electrons. The zero-order valence-corrected chi connectivity index (χ0v) is 21.0. The third kappa shape index (κ3) is 5.21. The molecule has 0 saturated carbocycles. The third-order valence-corrected chi connectivity index (χ3v) is 6.77. The number of carbonyl (C=O) groups is 1. The van der Waals surface area contributed by atoms with Gasteiger partial charge in [-0.15, -0.1) is 0 Å². The quantitative estimate of drug-likeness (QED) is 0.244. The minimum absolute atomic E-state index is 0.0501. The number of nitrogens with one attached hydrogen (secondary N) is 2. The Hall–Kier alpha value is -4.51. The van der Waals surface area contributed by atoms with Crippen molar-refractivity contribution in [3.8, 4) is 11.5 Å². The Labute approximate surface area is 217 Å². The van der Waals surface area contributed by atoms with Crippen LogP contribution in [0.1, 0.15) is 40.6 Å². The van der Waals surface area contributed by atoms with Crippen LogP contribution in [0.2, 0.25) is 0 Å². The number of hydrogen-bond donors (Lipinski definition) is 2. The predicted octanol–water partition coefficient (Wildman–Crippen LogP) is 6.61. The van der Waals surface area contributed by atoms with E-state index in [1.807, 2.05) is 103 Å². The standard InChI is InChI=1S/C32H30N2O3/c1-36-24-17-18-26(30(19-24)37-2)27(28-21-33-29-16-10-9-15-25(28)29)20-31(35)34-32(22-11-5-3-6-12-22)23-13-7-4-8-14-23/h3-19,21,27,32-33H,20H2,1-2H3,(H,34,35)/t27-/m0/s1. The van der Waals surface area contributed by atoms with Crippen LogP contribution < -0.4 is 14.8 Å². The summed E-state index contributed by atoms with van der Waals surface area (Å²) in [6.07, 6.45) is 2.25. The first-order chi connectivity index (χ1) is 18.2. The van der Waals surface area contributed by atoms with E-state index in [0.717, 1.165) is 33.2 Å². The number of rotatable bonds is 9. The van der Waals surface area contributed by atoms with Crippen LogP contribution >= 0.6 is 0 Å². The molecule has 0 aliphatic heterocycles. The second-order valence-electron chi connectivity index (χ2n) is 8.98. The number of H-pyrrole nitrogens is 1. The van der Waals surface area contributed by atoms with Gasteiger partial charge in [-0.25, -0.2) is 0 Å². The largest absolute Gasteiger partial charge is 0.497 e. The van der Waals surface area contributed by atoms with E-state index in [1.165, 1.54) is 0 Å². The van der Waals surface area contributed by atoms with Crippen LogP contribution in [0, 0.1) is 0 Å². The van der Waals surface area contributed by atoms with Gasteiger partial charge in [-0.05, 0) is 28.8 Å². The van der Waals surface area contributed by atoms with Crippen LogP contribution in [-0.2, 0) is 4.79 Å². The molecule has 0 bridgehead atoms. The van der Waals surface area contributed by atoms with E-state index < -0.39 is 0 Å². The summed E-state index contributed by atoms with van der Waals surface area (Å²) in [6, 6.07) is 33.8. The molecule has 5 nitrogen and oxygen atoms in total. The highest BCUT2D eigenvalue weighted by molar-refractivity contribution is 5.86. The highest BCUT2D eigenvalue weighted by atomic mass is 16.5. The second-order valence-corrected chi connectivity index (χ2v) is 8.98. The maximum absolute atomic E-state index is 13.8. The Morgan fingerprint density at radius 3 is 2.08 bits per heavy atom. The molecule has 0 fully saturated rings. The summed E-state index contributed by atoms with van der Waals surface area (Å²) >= 11 is 0. The number of benzene rings is 4. The molecule has 1 amide bonds. The molecule has 0 spiro atoms. The van der Waals surface area contributed by atoms with E-state index >= 15 is 0 Å². The molecule has 0 saturated heterocycles. The Bertz CT molecular complexity index is 1440. The van der Waals surface area contributed by atoms with Crippen LogP contribution in [0.3, 0.4) is 0 Å². The van der Waals surface area contributed by atoms with Crippen LogP contribution in [-0.4, -0.2) is 25.1 Å². The van der Waals surface area contributed by atoms with Gasteiger partial charge in [-0.3, -0.25) is 4.79 Å². The Balaban J connectivity index is 1.53. The maximum atomic E-state index is 13.8. The van der Waals surface area contributed by atoms with Gasteiger partial charge in [0.15, 0.2) is 0 Å². The van der Waals surface area contributed by atoms with Gasteiger partial charge in [0.2, 0.25) is 5.91 Å². The lowest BCUT2D eigenvalue weighted by atomic mass is 9.87. The summed E-state index contributed by atoms with van der Waals surface area (Å²) in [5.74, 6) is 1.11. The van der Waals surface area contributed by atoms with E-state index in [4.69, 9.17) is 9.47 Å². The fourth-order valence-electron chi connectivity index (χ4n) is 4.93. The number of ether oxygens (including phenoxy) is 2. The van der Waals surface area contributed by atoms with Crippen molar-refractivity contribution in [1.82, 2.24) is 10.3 Å². The fraction of sp³-hybridized carbons (Fsp3) is 0.156. The number of hydrogen-bond acceptors (Lipinski definition) is 3. The van der Waals surface area contributed by atoms with E-state index in [2.05, 4.69) is 16.4 Å². The van der Waals surface area contributed by atoms with Crippen molar-refractivity contribution in [3.05, 3.63) is 132 Å². The molecule has 1 aromatic heterocycles. The average molecular weight is 491 g/mol. The SMILES string of the molecule is COc1ccc([C@H](CC(=O)NC(c2ccccc2)c2ccccc2)c2c[nH]c3ccccc23)c(OC)c1. The van der Waals surface area contributed by atoms with Crippen LogP contribution in [0.5, 0.6) is 11.5 Å². The summed E-state index contributed by atoms with van der Waals surface area (Å²) < 4.78 is 11.2. The summed E-state index contributed by atoms with van der Waals surface area (Å²) in [4.78, 5) is 17.1. The molecule has 0 aliphatic carbocycles. The minimum Gasteiger partial charge on any atom is -0.497 e. The average Bonchev–Trinajstić information content (AvgIpc) is 3.39.